The summed E-state index contributed by atoms with van der Waals surface area (Å²) >= 11 is 0. The van der Waals surface area contributed by atoms with Gasteiger partial charge in [-0.2, -0.15) is 5.10 Å². The summed E-state index contributed by atoms with van der Waals surface area (Å²) in [5, 5.41) is 26.3. The van der Waals surface area contributed by atoms with Crippen molar-refractivity contribution in [3.05, 3.63) is 50.1 Å². The highest BCUT2D eigenvalue weighted by atomic mass is 16.7. The van der Waals surface area contributed by atoms with Crippen molar-refractivity contribution >= 4 is 17.9 Å². The number of nitrogens with zero attached hydrogens (tertiary/aromatic N) is 4. The van der Waals surface area contributed by atoms with Gasteiger partial charge in [-0.3, -0.25) is 10.1 Å². The molecule has 1 aromatic carbocycles. The van der Waals surface area contributed by atoms with Crippen LogP contribution in [0.3, 0.4) is 0 Å². The lowest BCUT2D eigenvalue weighted by atomic mass is 10.2. The minimum atomic E-state index is -0.887. The van der Waals surface area contributed by atoms with Crippen molar-refractivity contribution in [2.24, 2.45) is 15.9 Å². The predicted molar refractivity (Wildman–Crippen MR) is 62.4 cm³/mol. The third kappa shape index (κ3) is 4.22. The van der Waals surface area contributed by atoms with Crippen molar-refractivity contribution in [2.45, 2.75) is 0 Å². The molecule has 0 heterocycles. The molecule has 0 radical (unpaired) electrons. The molecule has 3 N–H and O–H groups in total. The van der Waals surface area contributed by atoms with E-state index >= 15 is 0 Å². The van der Waals surface area contributed by atoms with Gasteiger partial charge in [-0.25, -0.2) is 10.1 Å². The van der Waals surface area contributed by atoms with Crippen molar-refractivity contribution in [2.75, 3.05) is 0 Å². The van der Waals surface area contributed by atoms with Crippen LogP contribution in [0.25, 0.3) is 0 Å². The summed E-state index contributed by atoms with van der Waals surface area (Å²) in [7, 11) is 0. The molecule has 10 nitrogen and oxygen atoms in total. The zero-order valence-electron chi connectivity index (χ0n) is 8.89. The van der Waals surface area contributed by atoms with Crippen LogP contribution in [-0.4, -0.2) is 22.1 Å². The maximum Gasteiger partial charge on any atom is 0.275 e. The Morgan fingerprint density at radius 3 is 2.72 bits per heavy atom. The van der Waals surface area contributed by atoms with Gasteiger partial charge >= 0.3 is 0 Å². The van der Waals surface area contributed by atoms with E-state index in [4.69, 9.17) is 5.73 Å². The molecular weight excluding hydrogens is 244 g/mol. The minimum Gasteiger partial charge on any atom is -0.364 e. The molecule has 1 aromatic rings. The third-order valence-electron chi connectivity index (χ3n) is 1.66. The van der Waals surface area contributed by atoms with Crippen molar-refractivity contribution in [1.82, 2.24) is 5.43 Å². The second-order valence-corrected chi connectivity index (χ2v) is 2.95. The predicted octanol–water partition coefficient (Wildman–Crippen LogP) is 0.0247. The van der Waals surface area contributed by atoms with Gasteiger partial charge in [-0.15, -0.1) is 5.10 Å². The molecule has 0 aliphatic rings. The van der Waals surface area contributed by atoms with E-state index in [9.17, 15) is 20.2 Å². The van der Waals surface area contributed by atoms with Crippen molar-refractivity contribution in [3.8, 4) is 0 Å². The topological polar surface area (TPSA) is 149 Å². The summed E-state index contributed by atoms with van der Waals surface area (Å²) in [6.07, 6.45) is 1.18. The molecule has 0 fully saturated rings. The summed E-state index contributed by atoms with van der Waals surface area (Å²) in [6.45, 7) is 0. The number of hydrogen-bond acceptors (Lipinski definition) is 6. The maximum atomic E-state index is 10.5. The first-order valence-electron chi connectivity index (χ1n) is 4.51. The first-order chi connectivity index (χ1) is 8.49. The van der Waals surface area contributed by atoms with Crippen LogP contribution >= 0.6 is 0 Å². The smallest absolute Gasteiger partial charge is 0.275 e. The lowest BCUT2D eigenvalue weighted by Gasteiger charge is -1.93. The Hall–Kier alpha value is -3.04. The molecule has 0 saturated heterocycles. The Labute approximate surface area is 100 Å². The van der Waals surface area contributed by atoms with Crippen molar-refractivity contribution in [3.63, 3.8) is 0 Å². The van der Waals surface area contributed by atoms with Crippen LogP contribution < -0.4 is 11.2 Å². The molecule has 0 atom stereocenters. The number of hydrazine groups is 1. The average Bonchev–Trinajstić information content (AvgIpc) is 2.28. The number of nitro groups is 2. The first-order valence-corrected chi connectivity index (χ1v) is 4.51. The normalized spacial score (nSPS) is 11.4. The molecule has 0 unspecified atom stereocenters. The number of hydrogen-bond donors (Lipinski definition) is 2. The summed E-state index contributed by atoms with van der Waals surface area (Å²) in [6, 6.07) is 5.63. The van der Waals surface area contributed by atoms with E-state index in [2.05, 4.69) is 10.2 Å². The maximum absolute atomic E-state index is 10.5. The molecule has 0 amide bonds. The molecule has 0 aliphatic heterocycles. The molecular formula is C8H8N6O4. The van der Waals surface area contributed by atoms with E-state index in [0.717, 1.165) is 0 Å². The molecule has 0 bridgehead atoms. The van der Waals surface area contributed by atoms with Gasteiger partial charge in [0.2, 0.25) is 0 Å². The summed E-state index contributed by atoms with van der Waals surface area (Å²) in [5.74, 6) is -0.498. The van der Waals surface area contributed by atoms with Crippen LogP contribution in [0, 0.1) is 20.2 Å². The van der Waals surface area contributed by atoms with Crippen molar-refractivity contribution in [1.29, 1.82) is 0 Å². The van der Waals surface area contributed by atoms with Crippen LogP contribution in [0.5, 0.6) is 0 Å². The highest BCUT2D eigenvalue weighted by molar-refractivity contribution is 5.82. The Balaban J connectivity index is 2.75. The Kier molecular flexibility index (Phi) is 4.26. The minimum absolute atomic E-state index is 0.0979. The van der Waals surface area contributed by atoms with Crippen LogP contribution in [0.15, 0.2) is 34.5 Å². The third-order valence-corrected chi connectivity index (χ3v) is 1.66. The first kappa shape index (κ1) is 13.0. The van der Waals surface area contributed by atoms with E-state index in [0.29, 0.717) is 5.56 Å². The fourth-order valence-corrected chi connectivity index (χ4v) is 0.992. The van der Waals surface area contributed by atoms with Gasteiger partial charge in [0.1, 0.15) is 0 Å². The molecule has 1 rings (SSSR count). The molecule has 0 aliphatic carbocycles. The zero-order chi connectivity index (χ0) is 13.5. The summed E-state index contributed by atoms with van der Waals surface area (Å²) in [5.41, 5.74) is 7.00. The number of benzene rings is 1. The van der Waals surface area contributed by atoms with Gasteiger partial charge in [0, 0.05) is 17.7 Å². The van der Waals surface area contributed by atoms with Crippen LogP contribution in [0.4, 0.5) is 5.69 Å². The molecule has 0 saturated carbocycles. The molecule has 10 heteroatoms. The fraction of sp³-hybridized carbons (Fsp3) is 0. The molecule has 0 aromatic heterocycles. The Bertz CT molecular complexity index is 526. The van der Waals surface area contributed by atoms with Crippen LogP contribution in [0.1, 0.15) is 5.56 Å². The SMILES string of the molecule is N/C(=N\N=C\c1cccc([N+](=O)[O-])c1)N[N+](=O)[O-]. The number of nitrogens with two attached hydrogens (primary N) is 1. The average molecular weight is 252 g/mol. The molecule has 0 spiro atoms. The second-order valence-electron chi connectivity index (χ2n) is 2.95. The van der Waals surface area contributed by atoms with Gasteiger partial charge in [0.05, 0.1) is 11.1 Å². The van der Waals surface area contributed by atoms with Crippen LogP contribution in [0.2, 0.25) is 0 Å². The summed E-state index contributed by atoms with van der Waals surface area (Å²) in [4.78, 5) is 19.9. The van der Waals surface area contributed by atoms with Gasteiger partial charge in [-0.05, 0) is 0 Å². The molecule has 18 heavy (non-hydrogen) atoms. The van der Waals surface area contributed by atoms with E-state index in [1.807, 2.05) is 0 Å². The van der Waals surface area contributed by atoms with Gasteiger partial charge in [0.25, 0.3) is 11.6 Å². The number of nitrogens with one attached hydrogen (secondary N) is 1. The zero-order valence-corrected chi connectivity index (χ0v) is 8.89. The highest BCUT2D eigenvalue weighted by Gasteiger charge is 2.03. The number of non-ortho nitro benzene ring substituents is 1. The molecule has 94 valence electrons. The number of rotatable bonds is 4. The van der Waals surface area contributed by atoms with Gasteiger partial charge in [-0.1, -0.05) is 17.6 Å². The summed E-state index contributed by atoms with van der Waals surface area (Å²) < 4.78 is 0. The van der Waals surface area contributed by atoms with Gasteiger partial charge in [0.15, 0.2) is 5.03 Å². The van der Waals surface area contributed by atoms with E-state index in [-0.39, 0.29) is 5.69 Å². The number of nitro benzene ring substituents is 1. The number of guanidine groups is 1. The van der Waals surface area contributed by atoms with Gasteiger partial charge < -0.3 is 5.73 Å². The van der Waals surface area contributed by atoms with E-state index in [1.165, 1.54) is 24.4 Å². The monoisotopic (exact) mass is 252 g/mol. The Morgan fingerprint density at radius 1 is 1.39 bits per heavy atom. The van der Waals surface area contributed by atoms with E-state index in [1.54, 1.807) is 11.5 Å². The Morgan fingerprint density at radius 2 is 2.11 bits per heavy atom. The lowest BCUT2D eigenvalue weighted by molar-refractivity contribution is -0.525. The quantitative estimate of drug-likeness (QED) is 0.334. The standard InChI is InChI=1S/C8H8N6O4/c9-8(12-14(17)18)11-10-5-6-2-1-3-7(4-6)13(15)16/h1-5H,(H3,9,11,12)/b10-5+. The van der Waals surface area contributed by atoms with Crippen molar-refractivity contribution < 1.29 is 9.96 Å². The largest absolute Gasteiger partial charge is 0.364 e. The van der Waals surface area contributed by atoms with E-state index < -0.39 is 15.9 Å². The highest BCUT2D eigenvalue weighted by Crippen LogP contribution is 2.11. The fourth-order valence-electron chi connectivity index (χ4n) is 0.992. The van der Waals surface area contributed by atoms with Crippen LogP contribution in [-0.2, 0) is 0 Å². The second kappa shape index (κ2) is 5.89. The lowest BCUT2D eigenvalue weighted by Crippen LogP contribution is -2.35.